The number of carbonyl (C=O) groups excluding carboxylic acids is 1. The molecule has 1 aromatic carbocycles. The fraction of sp³-hybridized carbons (Fsp3) is 0.292. The molecule has 0 aliphatic heterocycles. The van der Waals surface area contributed by atoms with E-state index in [-0.39, 0.29) is 17.7 Å². The molecule has 28 heavy (non-hydrogen) atoms. The molecule has 1 aliphatic carbocycles. The Kier molecular flexibility index (Phi) is 8.52. The molecular weight excluding hydrogens is 369 g/mol. The summed E-state index contributed by atoms with van der Waals surface area (Å²) in [5, 5.41) is 2.77. The van der Waals surface area contributed by atoms with Crippen molar-refractivity contribution in [3.05, 3.63) is 88.2 Å². The first kappa shape index (κ1) is 22.0. The molecule has 1 unspecified atom stereocenters. The van der Waals surface area contributed by atoms with Crippen molar-refractivity contribution in [1.29, 1.82) is 0 Å². The Hall–Kier alpha value is -2.33. The second-order valence-electron chi connectivity index (χ2n) is 6.79. The summed E-state index contributed by atoms with van der Waals surface area (Å²) >= 11 is 1.58. The number of amides is 1. The first-order valence-corrected chi connectivity index (χ1v) is 10.4. The lowest BCUT2D eigenvalue weighted by molar-refractivity contribution is -0.117. The lowest BCUT2D eigenvalue weighted by atomic mass is 9.93. The molecule has 0 aromatic heterocycles. The van der Waals surface area contributed by atoms with Crippen LogP contribution in [0.1, 0.15) is 30.9 Å². The van der Waals surface area contributed by atoms with Crippen LogP contribution in [0.4, 0.5) is 4.39 Å². The van der Waals surface area contributed by atoms with Gasteiger partial charge in [-0.2, -0.15) is 0 Å². The van der Waals surface area contributed by atoms with Crippen LogP contribution in [-0.4, -0.2) is 18.7 Å². The van der Waals surface area contributed by atoms with Gasteiger partial charge in [-0.05, 0) is 30.6 Å². The van der Waals surface area contributed by atoms with Crippen molar-refractivity contribution in [3.63, 3.8) is 0 Å². The van der Waals surface area contributed by atoms with Gasteiger partial charge in [-0.25, -0.2) is 4.39 Å². The number of rotatable bonds is 8. The van der Waals surface area contributed by atoms with Crippen molar-refractivity contribution in [2.45, 2.75) is 26.7 Å². The predicted octanol–water partition coefficient (Wildman–Crippen LogP) is 6.14. The molecule has 0 saturated heterocycles. The molecular formula is C24H28FNOS. The highest BCUT2D eigenvalue weighted by molar-refractivity contribution is 8.03. The van der Waals surface area contributed by atoms with Crippen molar-refractivity contribution in [3.8, 4) is 0 Å². The normalized spacial score (nSPS) is 16.1. The Bertz CT molecular complexity index is 848. The van der Waals surface area contributed by atoms with E-state index in [0.29, 0.717) is 24.2 Å². The maximum Gasteiger partial charge on any atom is 0.248 e. The van der Waals surface area contributed by atoms with E-state index in [1.165, 1.54) is 11.6 Å². The SMILES string of the molecule is C=CCS/C(C1=CC=C(F)CC1)=C(/C(=O)NC)C(C)/C=C/c1cccc(C)c1. The highest BCUT2D eigenvalue weighted by Gasteiger charge is 2.23. The summed E-state index contributed by atoms with van der Waals surface area (Å²) in [7, 11) is 1.64. The number of hydrogen-bond acceptors (Lipinski definition) is 2. The van der Waals surface area contributed by atoms with Gasteiger partial charge < -0.3 is 5.32 Å². The molecule has 1 amide bonds. The van der Waals surface area contributed by atoms with Crippen LogP contribution in [0.2, 0.25) is 0 Å². The van der Waals surface area contributed by atoms with Gasteiger partial charge in [-0.15, -0.1) is 18.3 Å². The lowest BCUT2D eigenvalue weighted by Gasteiger charge is -2.21. The number of likely N-dealkylation sites (N-methyl/N-ethyl adjacent to an activating group) is 1. The van der Waals surface area contributed by atoms with Crippen LogP contribution in [-0.2, 0) is 4.79 Å². The highest BCUT2D eigenvalue weighted by Crippen LogP contribution is 2.37. The van der Waals surface area contributed by atoms with E-state index < -0.39 is 0 Å². The smallest absolute Gasteiger partial charge is 0.248 e. The maximum absolute atomic E-state index is 13.5. The van der Waals surface area contributed by atoms with Gasteiger partial charge in [0, 0.05) is 35.6 Å². The van der Waals surface area contributed by atoms with Gasteiger partial charge in [-0.1, -0.05) is 61.1 Å². The summed E-state index contributed by atoms with van der Waals surface area (Å²) in [6, 6.07) is 8.23. The zero-order valence-electron chi connectivity index (χ0n) is 16.8. The maximum atomic E-state index is 13.5. The van der Waals surface area contributed by atoms with Crippen LogP contribution in [0.5, 0.6) is 0 Å². The molecule has 0 radical (unpaired) electrons. The third kappa shape index (κ3) is 6.10. The first-order chi connectivity index (χ1) is 13.5. The average Bonchev–Trinajstić information content (AvgIpc) is 2.69. The molecule has 1 atom stereocenters. The Balaban J connectivity index is 2.46. The largest absolute Gasteiger partial charge is 0.355 e. The summed E-state index contributed by atoms with van der Waals surface area (Å²) in [5.74, 6) is 0.368. The molecule has 4 heteroatoms. The molecule has 0 saturated carbocycles. The number of carbonyl (C=O) groups is 1. The average molecular weight is 398 g/mol. The lowest BCUT2D eigenvalue weighted by Crippen LogP contribution is -2.25. The van der Waals surface area contributed by atoms with Crippen LogP contribution < -0.4 is 5.32 Å². The van der Waals surface area contributed by atoms with E-state index in [1.54, 1.807) is 24.9 Å². The van der Waals surface area contributed by atoms with Gasteiger partial charge in [0.25, 0.3) is 0 Å². The number of benzene rings is 1. The molecule has 0 bridgehead atoms. The van der Waals surface area contributed by atoms with Crippen LogP contribution >= 0.6 is 11.8 Å². The zero-order valence-corrected chi connectivity index (χ0v) is 17.6. The van der Waals surface area contributed by atoms with E-state index in [2.05, 4.69) is 31.0 Å². The van der Waals surface area contributed by atoms with Gasteiger partial charge in [0.05, 0.1) is 0 Å². The van der Waals surface area contributed by atoms with Gasteiger partial charge in [-0.3, -0.25) is 4.79 Å². The molecule has 0 spiro atoms. The van der Waals surface area contributed by atoms with Crippen LogP contribution in [0.25, 0.3) is 6.08 Å². The minimum absolute atomic E-state index is 0.0931. The Morgan fingerprint density at radius 2 is 2.14 bits per heavy atom. The van der Waals surface area contributed by atoms with Gasteiger partial charge in [0.1, 0.15) is 5.83 Å². The second kappa shape index (κ2) is 10.9. The summed E-state index contributed by atoms with van der Waals surface area (Å²) in [4.78, 5) is 13.7. The van der Waals surface area contributed by atoms with Gasteiger partial charge in [0.2, 0.25) is 5.91 Å². The number of allylic oxidation sites excluding steroid dienone is 5. The molecule has 0 fully saturated rings. The van der Waals surface area contributed by atoms with Gasteiger partial charge in [0.15, 0.2) is 0 Å². The third-order valence-electron chi connectivity index (χ3n) is 4.53. The minimum atomic E-state index is -0.120. The third-order valence-corrected chi connectivity index (χ3v) is 5.70. The number of thioether (sulfide) groups is 1. The second-order valence-corrected chi connectivity index (χ2v) is 7.82. The fourth-order valence-electron chi connectivity index (χ4n) is 3.06. The number of halogens is 1. The van der Waals surface area contributed by atoms with Crippen molar-refractivity contribution < 1.29 is 9.18 Å². The molecule has 2 nitrogen and oxygen atoms in total. The van der Waals surface area contributed by atoms with E-state index >= 15 is 0 Å². The summed E-state index contributed by atoms with van der Waals surface area (Å²) in [6.45, 7) is 7.87. The van der Waals surface area contributed by atoms with Crippen molar-refractivity contribution in [2.75, 3.05) is 12.8 Å². The monoisotopic (exact) mass is 397 g/mol. The van der Waals surface area contributed by atoms with E-state index in [1.807, 2.05) is 37.3 Å². The van der Waals surface area contributed by atoms with E-state index in [4.69, 9.17) is 0 Å². The van der Waals surface area contributed by atoms with Crippen molar-refractivity contribution in [1.82, 2.24) is 5.32 Å². The van der Waals surface area contributed by atoms with Crippen molar-refractivity contribution >= 4 is 23.7 Å². The standard InChI is InChI=1S/C24H28FNOS/c1-5-15-28-23(20-11-13-21(25)14-12-20)22(24(27)26-4)18(3)9-10-19-8-6-7-17(2)16-19/h5-11,13,16,18H,1,12,14-15H2,2-4H3,(H,26,27)/b10-9+,23-22+. The van der Waals surface area contributed by atoms with E-state index in [9.17, 15) is 9.18 Å². The predicted molar refractivity (Wildman–Crippen MR) is 120 cm³/mol. The number of hydrogen-bond donors (Lipinski definition) is 1. The molecule has 148 valence electrons. The molecule has 1 aromatic rings. The first-order valence-electron chi connectivity index (χ1n) is 9.46. The van der Waals surface area contributed by atoms with Crippen LogP contribution in [0.3, 0.4) is 0 Å². The summed E-state index contributed by atoms with van der Waals surface area (Å²) in [5.41, 5.74) is 4.01. The van der Waals surface area contributed by atoms with E-state index in [0.717, 1.165) is 16.0 Å². The van der Waals surface area contributed by atoms with Crippen molar-refractivity contribution in [2.24, 2.45) is 5.92 Å². The molecule has 0 heterocycles. The van der Waals surface area contributed by atoms with Crippen LogP contribution in [0, 0.1) is 12.8 Å². The highest BCUT2D eigenvalue weighted by atomic mass is 32.2. The zero-order chi connectivity index (χ0) is 20.5. The molecule has 1 aliphatic rings. The quantitative estimate of drug-likeness (QED) is 0.422. The summed E-state index contributed by atoms with van der Waals surface area (Å²) < 4.78 is 13.5. The Labute approximate surface area is 172 Å². The topological polar surface area (TPSA) is 29.1 Å². The summed E-state index contributed by atoms with van der Waals surface area (Å²) in [6.07, 6.45) is 10.2. The van der Waals surface area contributed by atoms with Crippen LogP contribution in [0.15, 0.2) is 77.0 Å². The Morgan fingerprint density at radius 3 is 2.75 bits per heavy atom. The Morgan fingerprint density at radius 1 is 1.36 bits per heavy atom. The number of aryl methyl sites for hydroxylation is 1. The number of nitrogens with one attached hydrogen (secondary N) is 1. The minimum Gasteiger partial charge on any atom is -0.355 e. The molecule has 2 rings (SSSR count). The van der Waals surface area contributed by atoms with Gasteiger partial charge >= 0.3 is 0 Å². The molecule has 1 N–H and O–H groups in total. The fourth-order valence-corrected chi connectivity index (χ4v) is 4.14.